The highest BCUT2D eigenvalue weighted by Gasteiger charge is 2.43. The fraction of sp³-hybridized carbons (Fsp3) is 0.414. The summed E-state index contributed by atoms with van der Waals surface area (Å²) in [6.07, 6.45) is 5.13. The summed E-state index contributed by atoms with van der Waals surface area (Å²) in [4.78, 5) is 33.2. The highest BCUT2D eigenvalue weighted by molar-refractivity contribution is 7.93. The smallest absolute Gasteiger partial charge is 0.407 e. The van der Waals surface area contributed by atoms with E-state index < -0.39 is 16.1 Å². The van der Waals surface area contributed by atoms with Gasteiger partial charge in [-0.3, -0.25) is 14.5 Å². The van der Waals surface area contributed by atoms with Crippen molar-refractivity contribution in [1.29, 1.82) is 0 Å². The van der Waals surface area contributed by atoms with Crippen LogP contribution in [0.25, 0.3) is 10.9 Å². The summed E-state index contributed by atoms with van der Waals surface area (Å²) in [5.74, 6) is 0.414. The van der Waals surface area contributed by atoms with Crippen molar-refractivity contribution in [3.8, 4) is 0 Å². The van der Waals surface area contributed by atoms with Gasteiger partial charge in [0.1, 0.15) is 4.90 Å². The number of hydrogen-bond donors (Lipinski definition) is 2. The molecule has 1 saturated carbocycles. The van der Waals surface area contributed by atoms with Crippen LogP contribution in [0, 0.1) is 11.8 Å². The summed E-state index contributed by atoms with van der Waals surface area (Å²) in [7, 11) is -3.91. The van der Waals surface area contributed by atoms with E-state index in [1.165, 1.54) is 23.8 Å². The average molecular weight is 551 g/mol. The van der Waals surface area contributed by atoms with Gasteiger partial charge < -0.3 is 14.9 Å². The van der Waals surface area contributed by atoms with Gasteiger partial charge in [-0.2, -0.15) is 0 Å². The molecule has 10 heteroatoms. The zero-order valence-electron chi connectivity index (χ0n) is 22.2. The van der Waals surface area contributed by atoms with Gasteiger partial charge in [-0.15, -0.1) is 0 Å². The molecule has 5 rings (SSSR count). The maximum atomic E-state index is 13.6. The van der Waals surface area contributed by atoms with Gasteiger partial charge in [-0.1, -0.05) is 50.8 Å². The molecule has 206 valence electrons. The molecular weight excluding hydrogens is 516 g/mol. The van der Waals surface area contributed by atoms with Crippen LogP contribution >= 0.6 is 0 Å². The van der Waals surface area contributed by atoms with Gasteiger partial charge >= 0.3 is 6.09 Å². The van der Waals surface area contributed by atoms with E-state index in [9.17, 15) is 23.1 Å². The van der Waals surface area contributed by atoms with Gasteiger partial charge in [0.15, 0.2) is 0 Å². The molecule has 2 amide bonds. The minimum atomic E-state index is -3.91. The SMILES string of the molecule is CC(C1CCCC1)C1C(C)N(C(=O)c2ccc(NS(=O)(=O)c3cccc4cccnc34)cc2)CCN1C(=O)O. The molecule has 3 unspecified atom stereocenters. The van der Waals surface area contributed by atoms with Gasteiger partial charge in [0.25, 0.3) is 15.9 Å². The molecule has 2 aliphatic rings. The average Bonchev–Trinajstić information content (AvgIpc) is 3.47. The number of carbonyl (C=O) groups excluding carboxylic acids is 1. The van der Waals surface area contributed by atoms with Crippen molar-refractivity contribution in [2.24, 2.45) is 11.8 Å². The van der Waals surface area contributed by atoms with Crippen LogP contribution in [0.5, 0.6) is 0 Å². The summed E-state index contributed by atoms with van der Waals surface area (Å²) in [5, 5.41) is 10.6. The van der Waals surface area contributed by atoms with Crippen LogP contribution in [0.4, 0.5) is 10.5 Å². The van der Waals surface area contributed by atoms with E-state index in [1.54, 1.807) is 59.6 Å². The van der Waals surface area contributed by atoms with Crippen LogP contribution in [0.2, 0.25) is 0 Å². The first-order valence-electron chi connectivity index (χ1n) is 13.4. The number of carbonyl (C=O) groups is 2. The fourth-order valence-electron chi connectivity index (χ4n) is 6.36. The largest absolute Gasteiger partial charge is 0.465 e. The fourth-order valence-corrected chi connectivity index (χ4v) is 7.60. The zero-order valence-corrected chi connectivity index (χ0v) is 23.0. The third kappa shape index (κ3) is 5.30. The summed E-state index contributed by atoms with van der Waals surface area (Å²) >= 11 is 0. The highest BCUT2D eigenvalue weighted by Crippen LogP contribution is 2.37. The zero-order chi connectivity index (χ0) is 27.7. The molecule has 0 bridgehead atoms. The van der Waals surface area contributed by atoms with E-state index in [0.29, 0.717) is 29.2 Å². The molecule has 1 saturated heterocycles. The first kappa shape index (κ1) is 26.9. The lowest BCUT2D eigenvalue weighted by Gasteiger charge is -2.48. The molecule has 9 nitrogen and oxygen atoms in total. The third-order valence-electron chi connectivity index (χ3n) is 8.39. The first-order valence-corrected chi connectivity index (χ1v) is 14.9. The number of aromatic nitrogens is 1. The number of nitrogens with one attached hydrogen (secondary N) is 1. The Morgan fingerprint density at radius 1 is 1.00 bits per heavy atom. The van der Waals surface area contributed by atoms with E-state index in [2.05, 4.69) is 16.6 Å². The van der Waals surface area contributed by atoms with Gasteiger partial charge in [0.05, 0.1) is 17.6 Å². The number of carboxylic acid groups (broad SMARTS) is 1. The molecule has 2 fully saturated rings. The number of piperazine rings is 1. The Morgan fingerprint density at radius 2 is 1.67 bits per heavy atom. The van der Waals surface area contributed by atoms with Crippen LogP contribution in [-0.2, 0) is 10.0 Å². The van der Waals surface area contributed by atoms with Crippen molar-refractivity contribution in [3.63, 3.8) is 0 Å². The maximum Gasteiger partial charge on any atom is 0.407 e. The van der Waals surface area contributed by atoms with E-state index >= 15 is 0 Å². The minimum absolute atomic E-state index is 0.0771. The van der Waals surface area contributed by atoms with Crippen LogP contribution in [0.1, 0.15) is 49.9 Å². The number of nitrogens with zero attached hydrogens (tertiary/aromatic N) is 3. The second-order valence-electron chi connectivity index (χ2n) is 10.6. The Balaban J connectivity index is 1.33. The monoisotopic (exact) mass is 550 g/mol. The molecule has 2 heterocycles. The molecule has 3 atom stereocenters. The third-order valence-corrected chi connectivity index (χ3v) is 9.80. The van der Waals surface area contributed by atoms with Gasteiger partial charge in [0.2, 0.25) is 0 Å². The number of benzene rings is 2. The molecular formula is C29H34N4O5S. The number of anilines is 1. The predicted octanol–water partition coefficient (Wildman–Crippen LogP) is 5.05. The topological polar surface area (TPSA) is 120 Å². The van der Waals surface area contributed by atoms with Crippen molar-refractivity contribution in [1.82, 2.24) is 14.8 Å². The van der Waals surface area contributed by atoms with Crippen LogP contribution in [0.15, 0.2) is 65.7 Å². The quantitative estimate of drug-likeness (QED) is 0.443. The van der Waals surface area contributed by atoms with Crippen LogP contribution in [-0.4, -0.2) is 65.5 Å². The number of sulfonamides is 1. The van der Waals surface area contributed by atoms with Crippen LogP contribution < -0.4 is 4.72 Å². The van der Waals surface area contributed by atoms with Crippen molar-refractivity contribution < 1.29 is 23.1 Å². The van der Waals surface area contributed by atoms with Gasteiger partial charge in [-0.25, -0.2) is 13.2 Å². The number of para-hydroxylation sites is 1. The van der Waals surface area contributed by atoms with Gasteiger partial charge in [0, 0.05) is 35.9 Å². The lowest BCUT2D eigenvalue weighted by molar-refractivity contribution is 0.000839. The molecule has 1 aliphatic carbocycles. The van der Waals surface area contributed by atoms with Crippen molar-refractivity contribution in [3.05, 3.63) is 66.4 Å². The molecule has 1 aliphatic heterocycles. The lowest BCUT2D eigenvalue weighted by atomic mass is 9.81. The summed E-state index contributed by atoms with van der Waals surface area (Å²) < 4.78 is 28.9. The maximum absolute atomic E-state index is 13.6. The summed E-state index contributed by atoms with van der Waals surface area (Å²) in [5.41, 5.74) is 1.14. The standard InChI is InChI=1S/C29H34N4O5S/c1-19(21-7-3-4-8-21)27-20(2)32(17-18-33(27)29(35)36)28(34)23-12-14-24(15-13-23)31-39(37,38)25-11-5-9-22-10-6-16-30-26(22)25/h5-6,9-16,19-21,27,31H,3-4,7-8,17-18H2,1-2H3,(H,35,36). The molecule has 39 heavy (non-hydrogen) atoms. The minimum Gasteiger partial charge on any atom is -0.465 e. The van der Waals surface area contributed by atoms with E-state index in [0.717, 1.165) is 18.2 Å². The van der Waals surface area contributed by atoms with Gasteiger partial charge in [-0.05, 0) is 55.2 Å². The number of rotatable bonds is 6. The molecule has 1 aromatic heterocycles. The summed E-state index contributed by atoms with van der Waals surface area (Å²) in [6, 6.07) is 14.3. The summed E-state index contributed by atoms with van der Waals surface area (Å²) in [6.45, 7) is 4.63. The van der Waals surface area contributed by atoms with Crippen molar-refractivity contribution in [2.75, 3.05) is 17.8 Å². The van der Waals surface area contributed by atoms with E-state index in [-0.39, 0.29) is 35.3 Å². The molecule has 0 radical (unpaired) electrons. The Morgan fingerprint density at radius 3 is 2.36 bits per heavy atom. The molecule has 2 N–H and O–H groups in total. The number of hydrogen-bond acceptors (Lipinski definition) is 5. The predicted molar refractivity (Wildman–Crippen MR) is 149 cm³/mol. The number of fused-ring (bicyclic) bond motifs is 1. The first-order chi connectivity index (χ1) is 18.7. The van der Waals surface area contributed by atoms with Crippen molar-refractivity contribution >= 4 is 38.6 Å². The van der Waals surface area contributed by atoms with E-state index in [1.807, 2.05) is 6.92 Å². The van der Waals surface area contributed by atoms with E-state index in [4.69, 9.17) is 0 Å². The Kier molecular flexibility index (Phi) is 7.48. The van der Waals surface area contributed by atoms with Crippen LogP contribution in [0.3, 0.4) is 0 Å². The Labute approximate surface area is 228 Å². The van der Waals surface area contributed by atoms with Crippen molar-refractivity contribution in [2.45, 2.75) is 56.5 Å². The normalized spacial score (nSPS) is 21.2. The Bertz CT molecular complexity index is 1470. The molecule has 3 aromatic rings. The second kappa shape index (κ2) is 10.8. The molecule has 0 spiro atoms. The number of amides is 2. The Hall–Kier alpha value is -3.66. The highest BCUT2D eigenvalue weighted by atomic mass is 32.2. The molecule has 2 aromatic carbocycles. The number of pyridine rings is 1. The lowest BCUT2D eigenvalue weighted by Crippen LogP contribution is -2.63. The second-order valence-corrected chi connectivity index (χ2v) is 12.3.